The van der Waals surface area contributed by atoms with Crippen LogP contribution in [-0.2, 0) is 14.3 Å². The van der Waals surface area contributed by atoms with Crippen LogP contribution < -0.4 is 4.90 Å². The number of anilines is 1. The van der Waals surface area contributed by atoms with Gasteiger partial charge in [-0.25, -0.2) is 4.39 Å². The fourth-order valence-electron chi connectivity index (χ4n) is 2.91. The SMILES string of the molecule is Cc1ccc(N2CC(C(=O)OC(C)c3ccc(F)cc3)CC2=O)cc1. The van der Waals surface area contributed by atoms with Crippen LogP contribution >= 0.6 is 0 Å². The fraction of sp³-hybridized carbons (Fsp3) is 0.300. The molecule has 1 heterocycles. The van der Waals surface area contributed by atoms with Crippen molar-refractivity contribution in [2.45, 2.75) is 26.4 Å². The van der Waals surface area contributed by atoms with Gasteiger partial charge in [0.2, 0.25) is 5.91 Å². The zero-order chi connectivity index (χ0) is 18.0. The molecular weight excluding hydrogens is 321 g/mol. The Morgan fingerprint density at radius 3 is 2.44 bits per heavy atom. The van der Waals surface area contributed by atoms with E-state index in [0.29, 0.717) is 6.54 Å². The number of carbonyl (C=O) groups is 2. The average Bonchev–Trinajstić information content (AvgIpc) is 2.98. The monoisotopic (exact) mass is 341 g/mol. The molecule has 0 radical (unpaired) electrons. The number of amides is 1. The second kappa shape index (κ2) is 7.05. The van der Waals surface area contributed by atoms with Crippen LogP contribution in [0.15, 0.2) is 48.5 Å². The third-order valence-electron chi connectivity index (χ3n) is 4.44. The molecule has 0 N–H and O–H groups in total. The van der Waals surface area contributed by atoms with Crippen molar-refractivity contribution in [3.05, 3.63) is 65.5 Å². The summed E-state index contributed by atoms with van der Waals surface area (Å²) in [7, 11) is 0. The number of halogens is 1. The zero-order valence-electron chi connectivity index (χ0n) is 14.2. The van der Waals surface area contributed by atoms with Crippen molar-refractivity contribution in [1.82, 2.24) is 0 Å². The minimum atomic E-state index is -0.489. The Kier molecular flexibility index (Phi) is 4.83. The minimum Gasteiger partial charge on any atom is -0.458 e. The first-order valence-electron chi connectivity index (χ1n) is 8.27. The van der Waals surface area contributed by atoms with Gasteiger partial charge in [0.25, 0.3) is 0 Å². The van der Waals surface area contributed by atoms with E-state index in [4.69, 9.17) is 4.74 Å². The highest BCUT2D eigenvalue weighted by molar-refractivity contribution is 5.99. The van der Waals surface area contributed by atoms with Crippen LogP contribution in [-0.4, -0.2) is 18.4 Å². The Labute approximate surface area is 146 Å². The van der Waals surface area contributed by atoms with E-state index in [0.717, 1.165) is 16.8 Å². The highest BCUT2D eigenvalue weighted by Crippen LogP contribution is 2.28. The van der Waals surface area contributed by atoms with Gasteiger partial charge in [-0.15, -0.1) is 0 Å². The molecule has 5 heteroatoms. The van der Waals surface area contributed by atoms with Crippen molar-refractivity contribution in [3.63, 3.8) is 0 Å². The summed E-state index contributed by atoms with van der Waals surface area (Å²) < 4.78 is 18.5. The van der Waals surface area contributed by atoms with Gasteiger partial charge in [-0.3, -0.25) is 9.59 Å². The molecule has 1 fully saturated rings. The lowest BCUT2D eigenvalue weighted by Crippen LogP contribution is -2.26. The van der Waals surface area contributed by atoms with Crippen LogP contribution in [0.4, 0.5) is 10.1 Å². The number of rotatable bonds is 4. The maximum atomic E-state index is 13.0. The minimum absolute atomic E-state index is 0.0831. The summed E-state index contributed by atoms with van der Waals surface area (Å²) in [5.74, 6) is -1.31. The molecule has 1 amide bonds. The molecule has 2 atom stereocenters. The van der Waals surface area contributed by atoms with Crippen molar-refractivity contribution in [1.29, 1.82) is 0 Å². The summed E-state index contributed by atoms with van der Waals surface area (Å²) in [5, 5.41) is 0. The van der Waals surface area contributed by atoms with Gasteiger partial charge in [0.15, 0.2) is 0 Å². The predicted molar refractivity (Wildman–Crippen MR) is 92.5 cm³/mol. The molecule has 4 nitrogen and oxygen atoms in total. The quantitative estimate of drug-likeness (QED) is 0.795. The number of aryl methyl sites for hydroxylation is 1. The standard InChI is InChI=1S/C20H20FNO3/c1-13-3-9-18(10-4-13)22-12-16(11-19(22)23)20(24)25-14(2)15-5-7-17(21)8-6-15/h3-10,14,16H,11-12H2,1-2H3. The Balaban J connectivity index is 1.64. The molecule has 0 aliphatic carbocycles. The van der Waals surface area contributed by atoms with E-state index in [-0.39, 0.29) is 18.1 Å². The molecule has 2 unspecified atom stereocenters. The van der Waals surface area contributed by atoms with E-state index in [1.54, 1.807) is 24.0 Å². The van der Waals surface area contributed by atoms with Gasteiger partial charge in [0.1, 0.15) is 11.9 Å². The molecule has 0 aromatic heterocycles. The normalized spacial score (nSPS) is 18.3. The lowest BCUT2D eigenvalue weighted by atomic mass is 10.1. The van der Waals surface area contributed by atoms with Crippen LogP contribution in [0.1, 0.15) is 30.6 Å². The van der Waals surface area contributed by atoms with Crippen molar-refractivity contribution >= 4 is 17.6 Å². The van der Waals surface area contributed by atoms with Crippen LogP contribution in [0, 0.1) is 18.7 Å². The average molecular weight is 341 g/mol. The van der Waals surface area contributed by atoms with E-state index in [1.807, 2.05) is 31.2 Å². The van der Waals surface area contributed by atoms with Crippen LogP contribution in [0.3, 0.4) is 0 Å². The second-order valence-corrected chi connectivity index (χ2v) is 6.37. The first-order chi connectivity index (χ1) is 11.9. The molecule has 0 saturated carbocycles. The first kappa shape index (κ1) is 17.1. The van der Waals surface area contributed by atoms with E-state index >= 15 is 0 Å². The molecule has 130 valence electrons. The van der Waals surface area contributed by atoms with E-state index in [1.165, 1.54) is 12.1 Å². The Morgan fingerprint density at radius 2 is 1.80 bits per heavy atom. The number of carbonyl (C=O) groups excluding carboxylic acids is 2. The number of nitrogens with zero attached hydrogens (tertiary/aromatic N) is 1. The largest absolute Gasteiger partial charge is 0.458 e. The molecule has 1 saturated heterocycles. The lowest BCUT2D eigenvalue weighted by molar-refractivity contribution is -0.153. The number of hydrogen-bond acceptors (Lipinski definition) is 3. The highest BCUT2D eigenvalue weighted by atomic mass is 19.1. The van der Waals surface area contributed by atoms with Gasteiger partial charge in [0.05, 0.1) is 5.92 Å². The second-order valence-electron chi connectivity index (χ2n) is 6.37. The van der Waals surface area contributed by atoms with Crippen LogP contribution in [0.25, 0.3) is 0 Å². The smallest absolute Gasteiger partial charge is 0.311 e. The number of esters is 1. The van der Waals surface area contributed by atoms with E-state index in [2.05, 4.69) is 0 Å². The van der Waals surface area contributed by atoms with Crippen molar-refractivity contribution in [2.24, 2.45) is 5.92 Å². The Morgan fingerprint density at radius 1 is 1.16 bits per heavy atom. The van der Waals surface area contributed by atoms with E-state index in [9.17, 15) is 14.0 Å². The van der Waals surface area contributed by atoms with E-state index < -0.39 is 18.0 Å². The summed E-state index contributed by atoms with van der Waals surface area (Å²) in [6.45, 7) is 4.03. The summed E-state index contributed by atoms with van der Waals surface area (Å²) in [4.78, 5) is 26.3. The molecule has 2 aromatic carbocycles. The summed E-state index contributed by atoms with van der Waals surface area (Å²) in [5.41, 5.74) is 2.62. The maximum absolute atomic E-state index is 13.0. The van der Waals surface area contributed by atoms with Gasteiger partial charge in [-0.2, -0.15) is 0 Å². The molecule has 25 heavy (non-hydrogen) atoms. The van der Waals surface area contributed by atoms with Gasteiger partial charge in [-0.05, 0) is 43.7 Å². The van der Waals surface area contributed by atoms with Gasteiger partial charge in [-0.1, -0.05) is 29.8 Å². The van der Waals surface area contributed by atoms with Crippen molar-refractivity contribution in [2.75, 3.05) is 11.4 Å². The molecule has 0 bridgehead atoms. The molecule has 0 spiro atoms. The predicted octanol–water partition coefficient (Wildman–Crippen LogP) is 3.79. The van der Waals surface area contributed by atoms with Crippen molar-refractivity contribution < 1.29 is 18.7 Å². The fourth-order valence-corrected chi connectivity index (χ4v) is 2.91. The molecule has 3 rings (SSSR count). The topological polar surface area (TPSA) is 46.6 Å². The molecule has 2 aromatic rings. The first-order valence-corrected chi connectivity index (χ1v) is 8.27. The third kappa shape index (κ3) is 3.87. The van der Waals surface area contributed by atoms with Gasteiger partial charge < -0.3 is 9.64 Å². The number of benzene rings is 2. The van der Waals surface area contributed by atoms with Crippen LogP contribution in [0.2, 0.25) is 0 Å². The summed E-state index contributed by atoms with van der Waals surface area (Å²) in [6, 6.07) is 13.5. The zero-order valence-corrected chi connectivity index (χ0v) is 14.2. The van der Waals surface area contributed by atoms with Crippen LogP contribution in [0.5, 0.6) is 0 Å². The highest BCUT2D eigenvalue weighted by Gasteiger charge is 2.36. The molecule has 1 aliphatic heterocycles. The Hall–Kier alpha value is -2.69. The lowest BCUT2D eigenvalue weighted by Gasteiger charge is -2.18. The molecular formula is C20H20FNO3. The van der Waals surface area contributed by atoms with Gasteiger partial charge >= 0.3 is 5.97 Å². The third-order valence-corrected chi connectivity index (χ3v) is 4.44. The van der Waals surface area contributed by atoms with Crippen molar-refractivity contribution in [3.8, 4) is 0 Å². The summed E-state index contributed by atoms with van der Waals surface area (Å²) in [6.07, 6.45) is -0.348. The molecule has 1 aliphatic rings. The maximum Gasteiger partial charge on any atom is 0.311 e. The number of hydrogen-bond donors (Lipinski definition) is 0. The van der Waals surface area contributed by atoms with Gasteiger partial charge in [0, 0.05) is 18.7 Å². The summed E-state index contributed by atoms with van der Waals surface area (Å²) >= 11 is 0. The number of ether oxygens (including phenoxy) is 1. The Bertz CT molecular complexity index is 771.